The van der Waals surface area contributed by atoms with Crippen LogP contribution >= 0.6 is 15.9 Å². The number of halogens is 2. The fourth-order valence-electron chi connectivity index (χ4n) is 2.73. The van der Waals surface area contributed by atoms with Crippen LogP contribution < -0.4 is 15.1 Å². The van der Waals surface area contributed by atoms with Gasteiger partial charge in [-0.3, -0.25) is 0 Å². The van der Waals surface area contributed by atoms with Crippen LogP contribution in [0.2, 0.25) is 0 Å². The predicted molar refractivity (Wildman–Crippen MR) is 97.1 cm³/mol. The number of hydrogen-bond donors (Lipinski definition) is 1. The van der Waals surface area contributed by atoms with E-state index in [1.807, 2.05) is 30.0 Å². The Morgan fingerprint density at radius 2 is 2.04 bits per heavy atom. The van der Waals surface area contributed by atoms with Crippen molar-refractivity contribution in [2.75, 3.05) is 42.3 Å². The molecular weight excluding hydrogens is 375 g/mol. The molecule has 1 fully saturated rings. The Morgan fingerprint density at radius 1 is 1.29 bits per heavy atom. The van der Waals surface area contributed by atoms with Crippen LogP contribution in [0.15, 0.2) is 29.0 Å². The van der Waals surface area contributed by atoms with Crippen LogP contribution in [0.25, 0.3) is 0 Å². The van der Waals surface area contributed by atoms with Crippen LogP contribution in [-0.4, -0.2) is 48.2 Å². The number of piperidine rings is 1. The average molecular weight is 395 g/mol. The monoisotopic (exact) mass is 394 g/mol. The Morgan fingerprint density at radius 3 is 2.71 bits per heavy atom. The summed E-state index contributed by atoms with van der Waals surface area (Å²) in [5.41, 5.74) is 0. The fraction of sp³-hybridized carbons (Fsp3) is 0.438. The van der Waals surface area contributed by atoms with Crippen molar-refractivity contribution in [1.29, 1.82) is 0 Å². The minimum absolute atomic E-state index is 0.290. The summed E-state index contributed by atoms with van der Waals surface area (Å²) in [6.45, 7) is 1.52. The van der Waals surface area contributed by atoms with E-state index < -0.39 is 0 Å². The molecule has 1 aliphatic rings. The van der Waals surface area contributed by atoms with Crippen LogP contribution in [0.5, 0.6) is 0 Å². The molecule has 128 valence electrons. The van der Waals surface area contributed by atoms with Crippen LogP contribution in [0.3, 0.4) is 0 Å². The summed E-state index contributed by atoms with van der Waals surface area (Å²) in [4.78, 5) is 16.8. The molecule has 0 saturated carbocycles. The van der Waals surface area contributed by atoms with Gasteiger partial charge in [0.05, 0.1) is 0 Å². The van der Waals surface area contributed by atoms with Gasteiger partial charge in [0.25, 0.3) is 0 Å². The molecule has 1 aliphatic heterocycles. The molecule has 1 N–H and O–H groups in total. The maximum atomic E-state index is 14.0. The molecule has 0 spiro atoms. The zero-order chi connectivity index (χ0) is 17.1. The van der Waals surface area contributed by atoms with Gasteiger partial charge in [-0.15, -0.1) is 0 Å². The van der Waals surface area contributed by atoms with E-state index in [4.69, 9.17) is 0 Å². The highest BCUT2D eigenvalue weighted by atomic mass is 79.9. The van der Waals surface area contributed by atoms with Crippen molar-refractivity contribution in [3.05, 3.63) is 34.8 Å². The lowest BCUT2D eigenvalue weighted by Gasteiger charge is -2.33. The Kier molecular flexibility index (Phi) is 5.13. The molecule has 1 saturated heterocycles. The number of rotatable bonds is 4. The molecule has 0 aliphatic carbocycles. The van der Waals surface area contributed by atoms with Crippen LogP contribution in [0, 0.1) is 5.82 Å². The quantitative estimate of drug-likeness (QED) is 0.859. The van der Waals surface area contributed by atoms with Crippen LogP contribution in [0.4, 0.5) is 22.0 Å². The maximum absolute atomic E-state index is 14.0. The van der Waals surface area contributed by atoms with Crippen molar-refractivity contribution in [1.82, 2.24) is 15.0 Å². The van der Waals surface area contributed by atoms with Crippen molar-refractivity contribution >= 4 is 33.5 Å². The van der Waals surface area contributed by atoms with Gasteiger partial charge in [0.1, 0.15) is 5.82 Å². The third-order valence-corrected chi connectivity index (χ3v) is 4.41. The molecule has 24 heavy (non-hydrogen) atoms. The van der Waals surface area contributed by atoms with Gasteiger partial charge >= 0.3 is 0 Å². The summed E-state index contributed by atoms with van der Waals surface area (Å²) in [6.07, 6.45) is 5.18. The predicted octanol–water partition coefficient (Wildman–Crippen LogP) is 2.92. The van der Waals surface area contributed by atoms with Crippen molar-refractivity contribution < 1.29 is 4.39 Å². The van der Waals surface area contributed by atoms with Gasteiger partial charge < -0.3 is 15.1 Å². The lowest BCUT2D eigenvalue weighted by molar-refractivity contribution is 0.510. The van der Waals surface area contributed by atoms with Gasteiger partial charge in [-0.1, -0.05) is 0 Å². The summed E-state index contributed by atoms with van der Waals surface area (Å²) in [7, 11) is 3.83. The molecule has 0 amide bonds. The number of hydrogen-bond acceptors (Lipinski definition) is 6. The van der Waals surface area contributed by atoms with Gasteiger partial charge in [0, 0.05) is 50.1 Å². The molecular formula is C16H20BrFN6. The first kappa shape index (κ1) is 16.9. The van der Waals surface area contributed by atoms with Crippen molar-refractivity contribution in [3.63, 3.8) is 0 Å². The topological polar surface area (TPSA) is 57.2 Å². The second kappa shape index (κ2) is 7.29. The standard InChI is InChI=1S/C16H20BrFN6/c1-23(2)16-19-6-3-14(22-16)21-12-4-7-24(8-5-12)15-13(18)9-11(17)10-20-15/h3,6,9-10,12H,4-5,7-8H2,1-2H3,(H,19,21,22). The maximum Gasteiger partial charge on any atom is 0.226 e. The third kappa shape index (κ3) is 3.92. The Hall–Kier alpha value is -1.96. The zero-order valence-electron chi connectivity index (χ0n) is 13.7. The Labute approximate surface area is 149 Å². The molecule has 0 bridgehead atoms. The average Bonchev–Trinajstić information content (AvgIpc) is 2.56. The number of pyridine rings is 1. The van der Waals surface area contributed by atoms with E-state index in [-0.39, 0.29) is 5.82 Å². The van der Waals surface area contributed by atoms with E-state index in [0.29, 0.717) is 22.3 Å². The SMILES string of the molecule is CN(C)c1nccc(NC2CCN(c3ncc(Br)cc3F)CC2)n1. The van der Waals surface area contributed by atoms with E-state index in [2.05, 4.69) is 36.2 Å². The minimum Gasteiger partial charge on any atom is -0.367 e. The lowest BCUT2D eigenvalue weighted by Crippen LogP contribution is -2.40. The second-order valence-electron chi connectivity index (χ2n) is 6.00. The van der Waals surface area contributed by atoms with E-state index in [9.17, 15) is 4.39 Å². The fourth-order valence-corrected chi connectivity index (χ4v) is 3.03. The van der Waals surface area contributed by atoms with Gasteiger partial charge in [-0.25, -0.2) is 14.4 Å². The van der Waals surface area contributed by atoms with Crippen LogP contribution in [0.1, 0.15) is 12.8 Å². The molecule has 0 atom stereocenters. The molecule has 3 rings (SSSR count). The van der Waals surface area contributed by atoms with Crippen molar-refractivity contribution in [2.45, 2.75) is 18.9 Å². The highest BCUT2D eigenvalue weighted by Gasteiger charge is 2.22. The lowest BCUT2D eigenvalue weighted by atomic mass is 10.1. The number of nitrogens with one attached hydrogen (secondary N) is 1. The van der Waals surface area contributed by atoms with E-state index in [0.717, 1.165) is 31.7 Å². The first-order chi connectivity index (χ1) is 11.5. The summed E-state index contributed by atoms with van der Waals surface area (Å²) >= 11 is 3.24. The summed E-state index contributed by atoms with van der Waals surface area (Å²) in [5, 5.41) is 3.45. The minimum atomic E-state index is -0.290. The number of aromatic nitrogens is 3. The largest absolute Gasteiger partial charge is 0.367 e. The molecule has 6 nitrogen and oxygen atoms in total. The highest BCUT2D eigenvalue weighted by Crippen LogP contribution is 2.24. The Bertz CT molecular complexity index is 703. The van der Waals surface area contributed by atoms with E-state index >= 15 is 0 Å². The van der Waals surface area contributed by atoms with Gasteiger partial charge in [0.2, 0.25) is 5.95 Å². The molecule has 3 heterocycles. The van der Waals surface area contributed by atoms with E-state index in [1.54, 1.807) is 12.4 Å². The molecule has 2 aromatic heterocycles. The number of nitrogens with zero attached hydrogens (tertiary/aromatic N) is 5. The smallest absolute Gasteiger partial charge is 0.226 e. The molecule has 0 unspecified atom stereocenters. The zero-order valence-corrected chi connectivity index (χ0v) is 15.3. The van der Waals surface area contributed by atoms with Crippen LogP contribution in [-0.2, 0) is 0 Å². The molecule has 2 aromatic rings. The first-order valence-electron chi connectivity index (χ1n) is 7.86. The molecule has 0 radical (unpaired) electrons. The summed E-state index contributed by atoms with van der Waals surface area (Å²) in [6, 6.07) is 3.63. The van der Waals surface area contributed by atoms with Gasteiger partial charge in [-0.05, 0) is 40.9 Å². The summed E-state index contributed by atoms with van der Waals surface area (Å²) < 4.78 is 14.7. The van der Waals surface area contributed by atoms with Crippen molar-refractivity contribution in [3.8, 4) is 0 Å². The number of anilines is 3. The van der Waals surface area contributed by atoms with E-state index in [1.165, 1.54) is 6.07 Å². The third-order valence-electron chi connectivity index (χ3n) is 3.98. The van der Waals surface area contributed by atoms with Crippen molar-refractivity contribution in [2.24, 2.45) is 0 Å². The summed E-state index contributed by atoms with van der Waals surface area (Å²) in [5.74, 6) is 1.63. The highest BCUT2D eigenvalue weighted by molar-refractivity contribution is 9.10. The van der Waals surface area contributed by atoms with Gasteiger partial charge in [-0.2, -0.15) is 4.98 Å². The second-order valence-corrected chi connectivity index (χ2v) is 6.92. The molecule has 8 heteroatoms. The first-order valence-corrected chi connectivity index (χ1v) is 8.65. The molecule has 0 aromatic carbocycles. The Balaban J connectivity index is 1.60. The normalized spacial score (nSPS) is 15.4. The van der Waals surface area contributed by atoms with Gasteiger partial charge in [0.15, 0.2) is 11.6 Å².